The highest BCUT2D eigenvalue weighted by Crippen LogP contribution is 2.20. The number of hydrogen-bond acceptors (Lipinski definition) is 3. The van der Waals surface area contributed by atoms with Crippen molar-refractivity contribution in [1.29, 1.82) is 0 Å². The molecule has 0 saturated carbocycles. The third-order valence-electron chi connectivity index (χ3n) is 1.76. The zero-order chi connectivity index (χ0) is 11.1. The molecule has 0 radical (unpaired) electrons. The summed E-state index contributed by atoms with van der Waals surface area (Å²) in [5, 5.41) is 17.0. The van der Waals surface area contributed by atoms with Crippen molar-refractivity contribution < 1.29 is 29.3 Å². The topological polar surface area (TPSA) is 112 Å². The van der Waals surface area contributed by atoms with Crippen molar-refractivity contribution in [2.75, 3.05) is 6.16 Å². The maximum atomic E-state index is 10.6. The van der Waals surface area contributed by atoms with E-state index in [9.17, 15) is 14.2 Å². The molecule has 0 fully saturated rings. The molecule has 14 heavy (non-hydrogen) atoms. The second kappa shape index (κ2) is 6.56. The Labute approximate surface area is 81.4 Å². The van der Waals surface area contributed by atoms with E-state index in [1.54, 1.807) is 0 Å². The summed E-state index contributed by atoms with van der Waals surface area (Å²) in [7, 11) is -2.66. The summed E-state index contributed by atoms with van der Waals surface area (Å²) >= 11 is 0. The Hall–Kier alpha value is -0.870. The number of hydrogen-bond donors (Lipinski definition) is 3. The molecule has 0 spiro atoms. The highest BCUT2D eigenvalue weighted by molar-refractivity contribution is 7.37. The maximum Gasteiger partial charge on any atom is 0.306 e. The molecule has 3 N–H and O–H groups in total. The van der Waals surface area contributed by atoms with Crippen LogP contribution in [0.25, 0.3) is 0 Å². The summed E-state index contributed by atoms with van der Waals surface area (Å²) in [5.41, 5.74) is 0. The largest absolute Gasteiger partial charge is 0.481 e. The molecular formula is C7H13O6P. The van der Waals surface area contributed by atoms with Crippen molar-refractivity contribution >= 4 is 20.0 Å². The normalized spacial score (nSPS) is 14.6. The van der Waals surface area contributed by atoms with Crippen LogP contribution < -0.4 is 0 Å². The van der Waals surface area contributed by atoms with Gasteiger partial charge in [-0.25, -0.2) is 0 Å². The molecule has 0 heterocycles. The van der Waals surface area contributed by atoms with Crippen molar-refractivity contribution in [1.82, 2.24) is 0 Å². The Kier molecular flexibility index (Phi) is 6.16. The van der Waals surface area contributed by atoms with Crippen LogP contribution in [0.3, 0.4) is 0 Å². The molecular weight excluding hydrogens is 211 g/mol. The van der Waals surface area contributed by atoms with E-state index >= 15 is 0 Å². The average Bonchev–Trinajstić information content (AvgIpc) is 2.02. The first-order chi connectivity index (χ1) is 6.43. The van der Waals surface area contributed by atoms with E-state index in [1.807, 2.05) is 0 Å². The molecule has 0 aromatic heterocycles. The minimum Gasteiger partial charge on any atom is -0.481 e. The molecule has 82 valence electrons. The highest BCUT2D eigenvalue weighted by atomic mass is 31.1. The minimum atomic E-state index is -2.66. The van der Waals surface area contributed by atoms with Crippen molar-refractivity contribution in [2.24, 2.45) is 5.92 Å². The summed E-state index contributed by atoms with van der Waals surface area (Å²) in [6.07, 6.45) is -0.249. The van der Waals surface area contributed by atoms with Crippen LogP contribution in [-0.4, -0.2) is 33.2 Å². The van der Waals surface area contributed by atoms with E-state index in [0.29, 0.717) is 0 Å². The van der Waals surface area contributed by atoms with Crippen molar-refractivity contribution in [2.45, 2.75) is 19.3 Å². The van der Waals surface area contributed by atoms with Gasteiger partial charge in [-0.2, -0.15) is 0 Å². The summed E-state index contributed by atoms with van der Waals surface area (Å²) in [6.45, 7) is 0. The van der Waals surface area contributed by atoms with Gasteiger partial charge in [-0.15, -0.1) is 0 Å². The van der Waals surface area contributed by atoms with Crippen LogP contribution in [0.1, 0.15) is 19.3 Å². The third kappa shape index (κ3) is 6.62. The van der Waals surface area contributed by atoms with Crippen molar-refractivity contribution in [3.8, 4) is 0 Å². The Morgan fingerprint density at radius 2 is 1.79 bits per heavy atom. The lowest BCUT2D eigenvalue weighted by Gasteiger charge is -2.08. The van der Waals surface area contributed by atoms with E-state index in [-0.39, 0.29) is 25.4 Å². The van der Waals surface area contributed by atoms with Gasteiger partial charge in [-0.1, -0.05) is 0 Å². The monoisotopic (exact) mass is 224 g/mol. The number of carboxylic acids is 2. The van der Waals surface area contributed by atoms with Crippen LogP contribution in [0.2, 0.25) is 0 Å². The van der Waals surface area contributed by atoms with E-state index in [4.69, 9.17) is 15.1 Å². The van der Waals surface area contributed by atoms with Crippen molar-refractivity contribution in [3.63, 3.8) is 0 Å². The lowest BCUT2D eigenvalue weighted by Crippen LogP contribution is -2.16. The number of rotatable bonds is 7. The molecule has 0 aromatic rings. The van der Waals surface area contributed by atoms with Gasteiger partial charge in [0, 0.05) is 12.6 Å². The predicted molar refractivity (Wildman–Crippen MR) is 48.7 cm³/mol. The summed E-state index contributed by atoms with van der Waals surface area (Å²) in [4.78, 5) is 29.2. The third-order valence-corrected chi connectivity index (χ3v) is 2.48. The van der Waals surface area contributed by atoms with E-state index in [2.05, 4.69) is 0 Å². The second-order valence-corrected chi connectivity index (χ2v) is 4.19. The van der Waals surface area contributed by atoms with Crippen molar-refractivity contribution in [3.05, 3.63) is 0 Å². The van der Waals surface area contributed by atoms with E-state index < -0.39 is 25.9 Å². The Morgan fingerprint density at radius 1 is 1.21 bits per heavy atom. The SMILES string of the molecule is O=C(O)CCC(CC[PH](=O)O)C(=O)O. The highest BCUT2D eigenvalue weighted by Gasteiger charge is 2.18. The van der Waals surface area contributed by atoms with Crippen LogP contribution in [0.15, 0.2) is 0 Å². The lowest BCUT2D eigenvalue weighted by atomic mass is 10.0. The number of carbonyl (C=O) groups is 2. The minimum absolute atomic E-state index is 0.000185. The van der Waals surface area contributed by atoms with Gasteiger partial charge >= 0.3 is 11.9 Å². The molecule has 0 rings (SSSR count). The first-order valence-corrected chi connectivity index (χ1v) is 5.66. The molecule has 2 unspecified atom stereocenters. The molecule has 0 amide bonds. The Bertz CT molecular complexity index is 220. The molecule has 0 saturated heterocycles. The fraction of sp³-hybridized carbons (Fsp3) is 0.714. The molecule has 6 nitrogen and oxygen atoms in total. The lowest BCUT2D eigenvalue weighted by molar-refractivity contribution is -0.143. The van der Waals surface area contributed by atoms with E-state index in [1.165, 1.54) is 0 Å². The van der Waals surface area contributed by atoms with Gasteiger partial charge in [-0.05, 0) is 12.8 Å². The van der Waals surface area contributed by atoms with Crippen LogP contribution in [0.5, 0.6) is 0 Å². The summed E-state index contributed by atoms with van der Waals surface area (Å²) in [6, 6.07) is 0. The standard InChI is InChI=1S/C7H13O6P/c8-6(9)2-1-5(7(10)11)3-4-14(12)13/h5,14H,1-4H2,(H,8,9)(H,10,11)(H,12,13). The molecule has 2 atom stereocenters. The maximum absolute atomic E-state index is 10.6. The van der Waals surface area contributed by atoms with Gasteiger partial charge < -0.3 is 15.1 Å². The quantitative estimate of drug-likeness (QED) is 0.540. The van der Waals surface area contributed by atoms with Gasteiger partial charge in [0.25, 0.3) is 0 Å². The fourth-order valence-electron chi connectivity index (χ4n) is 0.987. The van der Waals surface area contributed by atoms with Gasteiger partial charge in [0.05, 0.1) is 5.92 Å². The summed E-state index contributed by atoms with van der Waals surface area (Å²) < 4.78 is 10.3. The molecule has 0 bridgehead atoms. The molecule has 0 aliphatic carbocycles. The molecule has 0 aliphatic rings. The zero-order valence-electron chi connectivity index (χ0n) is 7.47. The predicted octanol–water partition coefficient (Wildman–Crippen LogP) is 0.409. The second-order valence-electron chi connectivity index (χ2n) is 2.90. The first-order valence-electron chi connectivity index (χ1n) is 4.10. The smallest absolute Gasteiger partial charge is 0.306 e. The Balaban J connectivity index is 3.96. The van der Waals surface area contributed by atoms with Gasteiger partial charge in [0.1, 0.15) is 0 Å². The van der Waals surface area contributed by atoms with Gasteiger partial charge in [-0.3, -0.25) is 14.2 Å². The molecule has 7 heteroatoms. The number of carboxylic acid groups (broad SMARTS) is 2. The molecule has 0 aliphatic heterocycles. The summed E-state index contributed by atoms with van der Waals surface area (Å²) in [5.74, 6) is -3.02. The Morgan fingerprint density at radius 3 is 2.14 bits per heavy atom. The van der Waals surface area contributed by atoms with Crippen LogP contribution in [0.4, 0.5) is 0 Å². The average molecular weight is 224 g/mol. The van der Waals surface area contributed by atoms with Crippen LogP contribution in [-0.2, 0) is 14.2 Å². The van der Waals surface area contributed by atoms with Gasteiger partial charge in [0.2, 0.25) is 0 Å². The molecule has 0 aromatic carbocycles. The van der Waals surface area contributed by atoms with Crippen LogP contribution in [0, 0.1) is 5.92 Å². The fourth-order valence-corrected chi connectivity index (χ4v) is 1.58. The zero-order valence-corrected chi connectivity index (χ0v) is 8.47. The van der Waals surface area contributed by atoms with E-state index in [0.717, 1.165) is 0 Å². The van der Waals surface area contributed by atoms with Crippen LogP contribution >= 0.6 is 8.03 Å². The first kappa shape index (κ1) is 13.1. The van der Waals surface area contributed by atoms with Gasteiger partial charge in [0.15, 0.2) is 8.03 Å². The number of aliphatic carboxylic acids is 2.